The maximum absolute atomic E-state index is 10.6. The van der Waals surface area contributed by atoms with E-state index in [2.05, 4.69) is 18.7 Å². The van der Waals surface area contributed by atoms with E-state index in [4.69, 9.17) is 23.2 Å². The molecule has 1 heterocycles. The highest BCUT2D eigenvalue weighted by Crippen LogP contribution is 2.38. The van der Waals surface area contributed by atoms with Crippen LogP contribution in [0.2, 0.25) is 10.0 Å². The van der Waals surface area contributed by atoms with Crippen LogP contribution in [0.4, 0.5) is 0 Å². The van der Waals surface area contributed by atoms with Crippen molar-refractivity contribution in [1.82, 2.24) is 4.90 Å². The van der Waals surface area contributed by atoms with E-state index < -0.39 is 6.10 Å². The van der Waals surface area contributed by atoms with Gasteiger partial charge in [-0.15, -0.1) is 0 Å². The van der Waals surface area contributed by atoms with E-state index in [1.54, 1.807) is 6.07 Å². The van der Waals surface area contributed by atoms with E-state index in [0.29, 0.717) is 15.6 Å². The zero-order chi connectivity index (χ0) is 13.3. The maximum atomic E-state index is 10.6. The van der Waals surface area contributed by atoms with E-state index in [1.807, 2.05) is 12.1 Å². The lowest BCUT2D eigenvalue weighted by Crippen LogP contribution is -2.46. The maximum Gasteiger partial charge on any atom is 0.0983 e. The minimum absolute atomic E-state index is 0.329. The normalized spacial score (nSPS) is 19.2. The van der Waals surface area contributed by atoms with Gasteiger partial charge in [-0.05, 0) is 45.8 Å². The molecule has 1 N–H and O–H groups in total. The Bertz CT molecular complexity index is 428. The second-order valence-corrected chi connectivity index (χ2v) is 6.18. The summed E-state index contributed by atoms with van der Waals surface area (Å²) in [5, 5.41) is 11.6. The molecule has 0 saturated carbocycles. The minimum atomic E-state index is -0.637. The largest absolute Gasteiger partial charge is 0.386 e. The third kappa shape index (κ3) is 2.53. The number of benzene rings is 1. The van der Waals surface area contributed by atoms with E-state index in [0.717, 1.165) is 13.1 Å². The summed E-state index contributed by atoms with van der Waals surface area (Å²) in [7, 11) is 0. The van der Waals surface area contributed by atoms with Crippen molar-refractivity contribution >= 4 is 23.2 Å². The highest BCUT2D eigenvalue weighted by atomic mass is 35.5. The first-order valence-electron chi connectivity index (χ1n) is 6.31. The molecule has 1 aromatic carbocycles. The monoisotopic (exact) mass is 287 g/mol. The first-order valence-corrected chi connectivity index (χ1v) is 7.07. The third-order valence-corrected chi connectivity index (χ3v) is 4.70. The Labute approximate surface area is 119 Å². The van der Waals surface area contributed by atoms with E-state index in [-0.39, 0.29) is 5.54 Å². The average Bonchev–Trinajstić information content (AvgIpc) is 2.86. The molecular weight excluding hydrogens is 269 g/mol. The Kier molecular flexibility index (Phi) is 4.22. The van der Waals surface area contributed by atoms with Crippen molar-refractivity contribution < 1.29 is 5.11 Å². The van der Waals surface area contributed by atoms with Crippen LogP contribution in [0.3, 0.4) is 0 Å². The lowest BCUT2D eigenvalue weighted by molar-refractivity contribution is 0.00139. The zero-order valence-electron chi connectivity index (χ0n) is 10.8. The van der Waals surface area contributed by atoms with Crippen LogP contribution in [0.5, 0.6) is 0 Å². The second-order valence-electron chi connectivity index (χ2n) is 5.39. The smallest absolute Gasteiger partial charge is 0.0983 e. The van der Waals surface area contributed by atoms with Crippen molar-refractivity contribution in [2.75, 3.05) is 13.1 Å². The van der Waals surface area contributed by atoms with Crippen LogP contribution in [0.15, 0.2) is 18.2 Å². The first-order chi connectivity index (χ1) is 8.44. The molecule has 1 aromatic rings. The van der Waals surface area contributed by atoms with Gasteiger partial charge in [-0.2, -0.15) is 0 Å². The highest BCUT2D eigenvalue weighted by molar-refractivity contribution is 6.42. The molecule has 1 aliphatic heterocycles. The number of likely N-dealkylation sites (tertiary alicyclic amines) is 1. The van der Waals surface area contributed by atoms with Gasteiger partial charge in [-0.1, -0.05) is 35.3 Å². The van der Waals surface area contributed by atoms with Gasteiger partial charge in [-0.3, -0.25) is 4.90 Å². The molecule has 1 atom stereocenters. The lowest BCUT2D eigenvalue weighted by Gasteiger charge is -2.40. The van der Waals surface area contributed by atoms with E-state index >= 15 is 0 Å². The number of nitrogens with zero attached hydrogens (tertiary/aromatic N) is 1. The van der Waals surface area contributed by atoms with Crippen molar-refractivity contribution in [3.8, 4) is 0 Å². The Balaban J connectivity index is 2.29. The van der Waals surface area contributed by atoms with Gasteiger partial charge in [0.25, 0.3) is 0 Å². The van der Waals surface area contributed by atoms with Crippen LogP contribution in [-0.4, -0.2) is 28.6 Å². The molecule has 100 valence electrons. The van der Waals surface area contributed by atoms with Gasteiger partial charge in [0.05, 0.1) is 16.1 Å². The molecule has 4 heteroatoms. The van der Waals surface area contributed by atoms with Gasteiger partial charge in [0, 0.05) is 11.1 Å². The Hall–Kier alpha value is -0.280. The quantitative estimate of drug-likeness (QED) is 0.911. The van der Waals surface area contributed by atoms with Crippen LogP contribution in [-0.2, 0) is 0 Å². The topological polar surface area (TPSA) is 23.5 Å². The van der Waals surface area contributed by atoms with Crippen LogP contribution < -0.4 is 0 Å². The molecule has 0 amide bonds. The van der Waals surface area contributed by atoms with E-state index in [9.17, 15) is 5.11 Å². The third-order valence-electron chi connectivity index (χ3n) is 3.87. The number of aliphatic hydroxyl groups is 1. The number of aliphatic hydroxyl groups excluding tert-OH is 1. The predicted octanol–water partition coefficient (Wildman–Crippen LogP) is 3.90. The predicted molar refractivity (Wildman–Crippen MR) is 76.3 cm³/mol. The summed E-state index contributed by atoms with van der Waals surface area (Å²) >= 11 is 12.2. The number of halogens is 2. The standard InChI is InChI=1S/C14H19Cl2NO/c1-14(2,17-8-3-4-9-17)13(18)10-6-5-7-11(15)12(10)16/h5-7,13,18H,3-4,8-9H2,1-2H3. The van der Waals surface area contributed by atoms with Gasteiger partial charge in [0.2, 0.25) is 0 Å². The van der Waals surface area contributed by atoms with Crippen molar-refractivity contribution in [3.63, 3.8) is 0 Å². The molecule has 0 spiro atoms. The Morgan fingerprint density at radius 2 is 1.83 bits per heavy atom. The van der Waals surface area contributed by atoms with Crippen molar-refractivity contribution in [3.05, 3.63) is 33.8 Å². The molecule has 0 aliphatic carbocycles. The summed E-state index contributed by atoms with van der Waals surface area (Å²) < 4.78 is 0. The van der Waals surface area contributed by atoms with Crippen molar-refractivity contribution in [2.45, 2.75) is 38.3 Å². The van der Waals surface area contributed by atoms with Gasteiger partial charge >= 0.3 is 0 Å². The SMILES string of the molecule is CC(C)(C(O)c1cccc(Cl)c1Cl)N1CCCC1. The number of hydrogen-bond donors (Lipinski definition) is 1. The Morgan fingerprint density at radius 3 is 2.44 bits per heavy atom. The molecule has 1 saturated heterocycles. The van der Waals surface area contributed by atoms with E-state index in [1.165, 1.54) is 12.8 Å². The number of rotatable bonds is 3. The summed E-state index contributed by atoms with van der Waals surface area (Å²) in [6.07, 6.45) is 1.75. The van der Waals surface area contributed by atoms with Gasteiger partial charge in [0.1, 0.15) is 0 Å². The second kappa shape index (κ2) is 5.38. The fraction of sp³-hybridized carbons (Fsp3) is 0.571. The van der Waals surface area contributed by atoms with Crippen LogP contribution in [0.25, 0.3) is 0 Å². The van der Waals surface area contributed by atoms with Gasteiger partial charge in [-0.25, -0.2) is 0 Å². The molecule has 1 aliphatic rings. The van der Waals surface area contributed by atoms with Crippen LogP contribution in [0.1, 0.15) is 38.4 Å². The van der Waals surface area contributed by atoms with Crippen LogP contribution in [0, 0.1) is 0 Å². The summed E-state index contributed by atoms with van der Waals surface area (Å²) in [5.74, 6) is 0. The molecule has 0 radical (unpaired) electrons. The first kappa shape index (κ1) is 14.1. The Morgan fingerprint density at radius 1 is 1.22 bits per heavy atom. The molecule has 18 heavy (non-hydrogen) atoms. The number of hydrogen-bond acceptors (Lipinski definition) is 2. The van der Waals surface area contributed by atoms with Crippen molar-refractivity contribution in [2.24, 2.45) is 0 Å². The zero-order valence-corrected chi connectivity index (χ0v) is 12.3. The molecule has 2 rings (SSSR count). The average molecular weight is 288 g/mol. The van der Waals surface area contributed by atoms with Gasteiger partial charge < -0.3 is 5.11 Å². The molecular formula is C14H19Cl2NO. The molecule has 1 fully saturated rings. The summed E-state index contributed by atoms with van der Waals surface area (Å²) in [6, 6.07) is 5.41. The van der Waals surface area contributed by atoms with Crippen molar-refractivity contribution in [1.29, 1.82) is 0 Å². The summed E-state index contributed by atoms with van der Waals surface area (Å²) in [4.78, 5) is 2.31. The fourth-order valence-electron chi connectivity index (χ4n) is 2.58. The molecule has 0 bridgehead atoms. The fourth-order valence-corrected chi connectivity index (χ4v) is 2.99. The molecule has 1 unspecified atom stereocenters. The summed E-state index contributed by atoms with van der Waals surface area (Å²) in [5.41, 5.74) is 0.381. The molecule has 2 nitrogen and oxygen atoms in total. The van der Waals surface area contributed by atoms with Crippen LogP contribution >= 0.6 is 23.2 Å². The highest BCUT2D eigenvalue weighted by Gasteiger charge is 2.37. The summed E-state index contributed by atoms with van der Waals surface area (Å²) in [6.45, 7) is 6.17. The minimum Gasteiger partial charge on any atom is -0.386 e. The van der Waals surface area contributed by atoms with Gasteiger partial charge in [0.15, 0.2) is 0 Å². The molecule has 0 aromatic heterocycles. The lowest BCUT2D eigenvalue weighted by atomic mass is 9.89.